The average molecular weight is 701 g/mol. The first-order valence-electron chi connectivity index (χ1n) is 12.8. The van der Waals surface area contributed by atoms with Crippen molar-refractivity contribution in [2.45, 2.75) is 10.1 Å². The highest BCUT2D eigenvalue weighted by atomic mass is 33.7. The minimum absolute atomic E-state index is 0.357. The van der Waals surface area contributed by atoms with Gasteiger partial charge in [0.2, 0.25) is 0 Å². The fourth-order valence-corrected chi connectivity index (χ4v) is 11.7. The molecule has 0 spiro atoms. The van der Waals surface area contributed by atoms with Gasteiger partial charge in [0.15, 0.2) is 9.54 Å². The van der Waals surface area contributed by atoms with Gasteiger partial charge >= 0.3 is 0 Å². The van der Waals surface area contributed by atoms with Crippen LogP contribution in [0.5, 0.6) is 0 Å². The molecule has 0 aliphatic carbocycles. The van der Waals surface area contributed by atoms with Crippen molar-refractivity contribution in [3.8, 4) is 34.1 Å². The van der Waals surface area contributed by atoms with Crippen LogP contribution in [0.15, 0.2) is 107 Å². The lowest BCUT2D eigenvalue weighted by atomic mass is 10.2. The van der Waals surface area contributed by atoms with Crippen LogP contribution in [0.3, 0.4) is 0 Å². The molecule has 3 heterocycles. The Labute approximate surface area is 273 Å². The Balaban J connectivity index is 1.66. The molecule has 6 aromatic rings. The van der Waals surface area contributed by atoms with E-state index < -0.39 is 23.3 Å². The number of hydrogen-bond acceptors (Lipinski definition) is 6. The number of imidazole rings is 2. The molecular formula is C30H16F4N4S6. The topological polar surface area (TPSA) is 19.7 Å². The molecule has 1 aliphatic rings. The summed E-state index contributed by atoms with van der Waals surface area (Å²) in [6.07, 6.45) is 0. The Morgan fingerprint density at radius 1 is 0.386 bits per heavy atom. The molecule has 0 fully saturated rings. The SMILES string of the molecule is Fc1ccc(-n2c3c(n(-c4ccc(F)cc4)c2=S)-c2c(n(-c4ccc(F)cc4)c(=S)n2-c2ccc(F)cc2)SSSS3)cc1. The van der Waals surface area contributed by atoms with Gasteiger partial charge in [0.1, 0.15) is 44.7 Å². The lowest BCUT2D eigenvalue weighted by Gasteiger charge is -2.17. The van der Waals surface area contributed by atoms with Crippen LogP contribution in [0.2, 0.25) is 0 Å². The monoisotopic (exact) mass is 700 g/mol. The van der Waals surface area contributed by atoms with E-state index in [0.717, 1.165) is 0 Å². The van der Waals surface area contributed by atoms with Gasteiger partial charge in [-0.05, 0) is 163 Å². The summed E-state index contributed by atoms with van der Waals surface area (Å²) in [6.45, 7) is 0. The molecule has 0 saturated carbocycles. The summed E-state index contributed by atoms with van der Waals surface area (Å²) in [5, 5.41) is 1.43. The molecule has 44 heavy (non-hydrogen) atoms. The van der Waals surface area contributed by atoms with Crippen molar-refractivity contribution >= 4 is 65.7 Å². The molecule has 0 saturated heterocycles. The molecule has 7 rings (SSSR count). The predicted octanol–water partition coefficient (Wildman–Crippen LogP) is 10.9. The second-order valence-electron chi connectivity index (χ2n) is 9.42. The second kappa shape index (κ2) is 12.0. The van der Waals surface area contributed by atoms with Gasteiger partial charge in [-0.2, -0.15) is 0 Å². The van der Waals surface area contributed by atoms with Gasteiger partial charge in [0.25, 0.3) is 0 Å². The van der Waals surface area contributed by atoms with Gasteiger partial charge in [-0.3, -0.25) is 18.3 Å². The molecule has 0 unspecified atom stereocenters. The fraction of sp³-hybridized carbons (Fsp3) is 0. The van der Waals surface area contributed by atoms with Crippen LogP contribution >= 0.6 is 65.7 Å². The zero-order chi connectivity index (χ0) is 30.5. The van der Waals surface area contributed by atoms with Crippen molar-refractivity contribution in [1.82, 2.24) is 18.3 Å². The Morgan fingerprint density at radius 3 is 0.909 bits per heavy atom. The summed E-state index contributed by atoms with van der Waals surface area (Å²) >= 11 is 12.2. The molecule has 1 aliphatic heterocycles. The van der Waals surface area contributed by atoms with E-state index in [1.165, 1.54) is 89.8 Å². The first kappa shape index (κ1) is 29.6. The highest BCUT2D eigenvalue weighted by molar-refractivity contribution is 9.26. The van der Waals surface area contributed by atoms with Crippen molar-refractivity contribution in [3.05, 3.63) is 130 Å². The van der Waals surface area contributed by atoms with E-state index in [9.17, 15) is 17.6 Å². The number of fused-ring (bicyclic) bond motifs is 3. The zero-order valence-electron chi connectivity index (χ0n) is 22.0. The van der Waals surface area contributed by atoms with E-state index >= 15 is 0 Å². The van der Waals surface area contributed by atoms with Crippen LogP contribution < -0.4 is 0 Å². The Bertz CT molecular complexity index is 1980. The molecule has 0 radical (unpaired) electrons. The third-order valence-corrected chi connectivity index (χ3v) is 13.6. The third kappa shape index (κ3) is 5.16. The van der Waals surface area contributed by atoms with Crippen LogP contribution in [0.4, 0.5) is 17.6 Å². The van der Waals surface area contributed by atoms with Crippen LogP contribution in [-0.4, -0.2) is 18.3 Å². The maximum absolute atomic E-state index is 14.1. The van der Waals surface area contributed by atoms with Crippen LogP contribution in [-0.2, 0) is 0 Å². The summed E-state index contributed by atoms with van der Waals surface area (Å²) in [5.74, 6) is -1.59. The predicted molar refractivity (Wildman–Crippen MR) is 178 cm³/mol. The van der Waals surface area contributed by atoms with Gasteiger partial charge in [-0.25, -0.2) is 17.6 Å². The molecule has 0 N–H and O–H groups in total. The number of benzene rings is 4. The molecule has 0 amide bonds. The Hall–Kier alpha value is -3.14. The van der Waals surface area contributed by atoms with Crippen molar-refractivity contribution in [2.75, 3.05) is 0 Å². The molecule has 220 valence electrons. The highest BCUT2D eigenvalue weighted by Gasteiger charge is 2.33. The number of hydrogen-bond donors (Lipinski definition) is 0. The molecule has 4 nitrogen and oxygen atoms in total. The highest BCUT2D eigenvalue weighted by Crippen LogP contribution is 2.58. The number of nitrogens with zero attached hydrogens (tertiary/aromatic N) is 4. The summed E-state index contributed by atoms with van der Waals surface area (Å²) in [5.41, 5.74) is 3.73. The standard InChI is InChI=1S/C30H16F4N4S6/c31-17-1-9-21(10-2-17)35-25-26-28(42-44-43-41-27(25)37(29(35)39)23-13-5-19(33)6-14-23)38(24-15-7-20(34)8-16-24)30(40)36(26)22-11-3-18(32)4-12-22/h1-16H. The quantitative estimate of drug-likeness (QED) is 0.103. The Morgan fingerprint density at radius 2 is 0.636 bits per heavy atom. The van der Waals surface area contributed by atoms with Crippen molar-refractivity contribution in [2.24, 2.45) is 0 Å². The number of halogens is 4. The molecular weight excluding hydrogens is 685 g/mol. The van der Waals surface area contributed by atoms with E-state index in [1.54, 1.807) is 48.5 Å². The molecule has 0 atom stereocenters. The maximum atomic E-state index is 14.1. The van der Waals surface area contributed by atoms with Crippen LogP contribution in [0.25, 0.3) is 34.1 Å². The van der Waals surface area contributed by atoms with Crippen LogP contribution in [0, 0.1) is 32.8 Å². The molecule has 0 bridgehead atoms. The Kier molecular flexibility index (Phi) is 8.05. The molecule has 4 aromatic carbocycles. The summed E-state index contributed by atoms with van der Waals surface area (Å²) in [4.78, 5) is 0. The van der Waals surface area contributed by atoms with Gasteiger partial charge in [0.05, 0.1) is 0 Å². The van der Waals surface area contributed by atoms with E-state index in [-0.39, 0.29) is 0 Å². The van der Waals surface area contributed by atoms with Gasteiger partial charge < -0.3 is 0 Å². The van der Waals surface area contributed by atoms with Gasteiger partial charge in [-0.1, -0.05) is 0 Å². The van der Waals surface area contributed by atoms with Gasteiger partial charge in [0, 0.05) is 22.7 Å². The largest absolute Gasteiger partial charge is 0.282 e. The number of aromatic nitrogens is 4. The first-order chi connectivity index (χ1) is 21.3. The van der Waals surface area contributed by atoms with E-state index in [1.807, 2.05) is 18.3 Å². The lowest BCUT2D eigenvalue weighted by molar-refractivity contribution is 0.626. The first-order valence-corrected chi connectivity index (χ1v) is 18.4. The van der Waals surface area contributed by atoms with Gasteiger partial charge in [-0.15, -0.1) is 0 Å². The normalized spacial score (nSPS) is 12.8. The van der Waals surface area contributed by atoms with E-state index in [0.29, 0.717) is 53.7 Å². The smallest absolute Gasteiger partial charge is 0.190 e. The zero-order valence-corrected chi connectivity index (χ0v) is 26.9. The lowest BCUT2D eigenvalue weighted by Crippen LogP contribution is -2.04. The van der Waals surface area contributed by atoms with Crippen molar-refractivity contribution in [1.29, 1.82) is 0 Å². The van der Waals surface area contributed by atoms with Crippen molar-refractivity contribution < 1.29 is 17.6 Å². The molecule has 2 aromatic heterocycles. The van der Waals surface area contributed by atoms with E-state index in [2.05, 4.69) is 0 Å². The molecule has 14 heteroatoms. The fourth-order valence-electron chi connectivity index (χ4n) is 4.92. The summed E-state index contributed by atoms with van der Waals surface area (Å²) in [6, 6.07) is 24.0. The summed E-state index contributed by atoms with van der Waals surface area (Å²) in [7, 11) is 5.93. The van der Waals surface area contributed by atoms with Crippen molar-refractivity contribution in [3.63, 3.8) is 0 Å². The maximum Gasteiger partial charge on any atom is 0.190 e. The number of rotatable bonds is 4. The van der Waals surface area contributed by atoms with E-state index in [4.69, 9.17) is 24.4 Å². The summed E-state index contributed by atoms with van der Waals surface area (Å²) < 4.78 is 64.4. The minimum Gasteiger partial charge on any atom is -0.282 e. The third-order valence-electron chi connectivity index (χ3n) is 6.84. The van der Waals surface area contributed by atoms with Crippen LogP contribution in [0.1, 0.15) is 0 Å². The second-order valence-corrected chi connectivity index (χ2v) is 15.8. The average Bonchev–Trinajstić information content (AvgIpc) is 3.45. The minimum atomic E-state index is -0.407.